The number of nitrogens with zero attached hydrogens (tertiary/aromatic N) is 2. The predicted molar refractivity (Wildman–Crippen MR) is 61.0 cm³/mol. The van der Waals surface area contributed by atoms with Crippen molar-refractivity contribution in [3.63, 3.8) is 0 Å². The zero-order valence-corrected chi connectivity index (χ0v) is 9.85. The zero-order valence-electron chi connectivity index (χ0n) is 9.85. The largest absolute Gasteiger partial charge is 0.449 e. The van der Waals surface area contributed by atoms with Gasteiger partial charge in [-0.05, 0) is 31.8 Å². The molecular weight excluding hydrogens is 204 g/mol. The van der Waals surface area contributed by atoms with Crippen LogP contribution in [-0.2, 0) is 13.0 Å². The summed E-state index contributed by atoms with van der Waals surface area (Å²) in [5.41, 5.74) is 0.637. The molecular formula is C12H20N2O2. The third-order valence-corrected chi connectivity index (χ3v) is 3.27. The molecule has 0 spiro atoms. The molecule has 1 atom stereocenters. The van der Waals surface area contributed by atoms with Crippen molar-refractivity contribution in [3.8, 4) is 0 Å². The molecule has 1 unspecified atom stereocenters. The average Bonchev–Trinajstić information content (AvgIpc) is 2.77. The normalized spacial score (nSPS) is 22.5. The van der Waals surface area contributed by atoms with Gasteiger partial charge in [-0.25, -0.2) is 4.98 Å². The molecule has 90 valence electrons. The molecule has 1 aliphatic rings. The lowest BCUT2D eigenvalue weighted by Gasteiger charge is -2.31. The lowest BCUT2D eigenvalue weighted by Crippen LogP contribution is -2.35. The summed E-state index contributed by atoms with van der Waals surface area (Å²) in [6, 6.07) is 0. The molecule has 1 N–H and O–H groups in total. The highest BCUT2D eigenvalue weighted by atomic mass is 16.3. The number of hydrogen-bond acceptors (Lipinski definition) is 4. The van der Waals surface area contributed by atoms with Crippen molar-refractivity contribution in [3.05, 3.63) is 17.8 Å². The number of aliphatic hydroxyl groups excluding tert-OH is 1. The molecule has 0 amide bonds. The minimum absolute atomic E-state index is 0.0325. The van der Waals surface area contributed by atoms with Gasteiger partial charge in [-0.1, -0.05) is 6.92 Å². The molecule has 0 radical (unpaired) electrons. The average molecular weight is 224 g/mol. The summed E-state index contributed by atoms with van der Waals surface area (Å²) in [6.07, 6.45) is 4.98. The second kappa shape index (κ2) is 5.46. The Hall–Kier alpha value is -0.870. The Morgan fingerprint density at radius 1 is 1.62 bits per heavy atom. The third-order valence-electron chi connectivity index (χ3n) is 3.27. The summed E-state index contributed by atoms with van der Waals surface area (Å²) in [6.45, 7) is 5.67. The van der Waals surface area contributed by atoms with Crippen LogP contribution < -0.4 is 0 Å². The van der Waals surface area contributed by atoms with E-state index in [2.05, 4.69) is 16.8 Å². The first-order chi connectivity index (χ1) is 7.81. The van der Waals surface area contributed by atoms with Crippen molar-refractivity contribution in [2.24, 2.45) is 5.92 Å². The number of aromatic nitrogens is 1. The molecule has 0 bridgehead atoms. The van der Waals surface area contributed by atoms with Crippen molar-refractivity contribution in [1.82, 2.24) is 9.88 Å². The fraction of sp³-hybridized carbons (Fsp3) is 0.750. The predicted octanol–water partition coefficient (Wildman–Crippen LogP) is 1.44. The van der Waals surface area contributed by atoms with Crippen LogP contribution in [0.5, 0.6) is 0 Å². The Bertz CT molecular complexity index is 325. The maximum Gasteiger partial charge on any atom is 0.194 e. The first-order valence-electron chi connectivity index (χ1n) is 6.08. The van der Waals surface area contributed by atoms with Crippen molar-refractivity contribution in [1.29, 1.82) is 0 Å². The second-order valence-corrected chi connectivity index (χ2v) is 4.50. The first kappa shape index (κ1) is 11.6. The smallest absolute Gasteiger partial charge is 0.194 e. The van der Waals surface area contributed by atoms with Gasteiger partial charge >= 0.3 is 0 Å². The van der Waals surface area contributed by atoms with Gasteiger partial charge in [0.25, 0.3) is 0 Å². The number of rotatable bonds is 4. The Morgan fingerprint density at radius 2 is 2.50 bits per heavy atom. The SMILES string of the molecule is CCN1CCCC(Cc2nc(CO)co2)C1. The van der Waals surface area contributed by atoms with Crippen LogP contribution in [0.25, 0.3) is 0 Å². The van der Waals surface area contributed by atoms with Gasteiger partial charge in [-0.2, -0.15) is 0 Å². The molecule has 1 aromatic heterocycles. The second-order valence-electron chi connectivity index (χ2n) is 4.50. The van der Waals surface area contributed by atoms with Crippen LogP contribution in [-0.4, -0.2) is 34.6 Å². The van der Waals surface area contributed by atoms with Crippen LogP contribution in [0.15, 0.2) is 10.7 Å². The molecule has 0 aromatic carbocycles. The summed E-state index contributed by atoms with van der Waals surface area (Å²) < 4.78 is 5.34. The van der Waals surface area contributed by atoms with Crippen LogP contribution in [0, 0.1) is 5.92 Å². The molecule has 0 aliphatic carbocycles. The number of aliphatic hydroxyl groups is 1. The summed E-state index contributed by atoms with van der Waals surface area (Å²) >= 11 is 0. The maximum atomic E-state index is 8.91. The number of likely N-dealkylation sites (tertiary alicyclic amines) is 1. The number of hydrogen-bond donors (Lipinski definition) is 1. The van der Waals surface area contributed by atoms with Crippen LogP contribution >= 0.6 is 0 Å². The van der Waals surface area contributed by atoms with Crippen molar-refractivity contribution < 1.29 is 9.52 Å². The number of oxazole rings is 1. The van der Waals surface area contributed by atoms with E-state index in [1.807, 2.05) is 0 Å². The van der Waals surface area contributed by atoms with E-state index in [1.165, 1.54) is 19.4 Å². The van der Waals surface area contributed by atoms with Gasteiger partial charge in [-0.3, -0.25) is 0 Å². The molecule has 1 saturated heterocycles. The summed E-state index contributed by atoms with van der Waals surface area (Å²) in [7, 11) is 0. The Labute approximate surface area is 96.3 Å². The van der Waals surface area contributed by atoms with Crippen LogP contribution in [0.4, 0.5) is 0 Å². The van der Waals surface area contributed by atoms with E-state index in [4.69, 9.17) is 9.52 Å². The summed E-state index contributed by atoms with van der Waals surface area (Å²) in [5.74, 6) is 1.42. The van der Waals surface area contributed by atoms with Crippen LogP contribution in [0.3, 0.4) is 0 Å². The molecule has 16 heavy (non-hydrogen) atoms. The van der Waals surface area contributed by atoms with E-state index in [-0.39, 0.29) is 6.61 Å². The van der Waals surface area contributed by atoms with Gasteiger partial charge < -0.3 is 14.4 Å². The quantitative estimate of drug-likeness (QED) is 0.840. The third kappa shape index (κ3) is 2.83. The lowest BCUT2D eigenvalue weighted by molar-refractivity contribution is 0.176. The molecule has 1 aromatic rings. The molecule has 1 fully saturated rings. The molecule has 0 saturated carbocycles. The Balaban J connectivity index is 1.88. The Kier molecular flexibility index (Phi) is 3.96. The van der Waals surface area contributed by atoms with Gasteiger partial charge in [0.2, 0.25) is 0 Å². The first-order valence-corrected chi connectivity index (χ1v) is 6.08. The van der Waals surface area contributed by atoms with E-state index >= 15 is 0 Å². The van der Waals surface area contributed by atoms with E-state index in [1.54, 1.807) is 6.26 Å². The zero-order chi connectivity index (χ0) is 11.4. The molecule has 2 rings (SSSR count). The summed E-state index contributed by atoms with van der Waals surface area (Å²) in [5, 5.41) is 8.91. The molecule has 2 heterocycles. The van der Waals surface area contributed by atoms with Gasteiger partial charge in [0.15, 0.2) is 5.89 Å². The topological polar surface area (TPSA) is 49.5 Å². The van der Waals surface area contributed by atoms with Crippen molar-refractivity contribution >= 4 is 0 Å². The van der Waals surface area contributed by atoms with Crippen LogP contribution in [0.1, 0.15) is 31.4 Å². The number of piperidine rings is 1. The summed E-state index contributed by atoms with van der Waals surface area (Å²) in [4.78, 5) is 6.71. The van der Waals surface area contributed by atoms with E-state index in [9.17, 15) is 0 Å². The highest BCUT2D eigenvalue weighted by molar-refractivity contribution is 4.96. The lowest BCUT2D eigenvalue weighted by atomic mass is 9.95. The van der Waals surface area contributed by atoms with E-state index in [0.717, 1.165) is 25.4 Å². The van der Waals surface area contributed by atoms with Gasteiger partial charge in [0.05, 0.1) is 6.61 Å². The minimum Gasteiger partial charge on any atom is -0.449 e. The van der Waals surface area contributed by atoms with E-state index < -0.39 is 0 Å². The Morgan fingerprint density at radius 3 is 3.19 bits per heavy atom. The highest BCUT2D eigenvalue weighted by Crippen LogP contribution is 2.20. The fourth-order valence-electron chi connectivity index (χ4n) is 2.37. The standard InChI is InChI=1S/C12H20N2O2/c1-2-14-5-3-4-10(7-14)6-12-13-11(8-15)9-16-12/h9-10,15H,2-8H2,1H3. The highest BCUT2D eigenvalue weighted by Gasteiger charge is 2.20. The maximum absolute atomic E-state index is 8.91. The molecule has 4 heteroatoms. The molecule has 1 aliphatic heterocycles. The van der Waals surface area contributed by atoms with Crippen LogP contribution in [0.2, 0.25) is 0 Å². The van der Waals surface area contributed by atoms with Crippen molar-refractivity contribution in [2.45, 2.75) is 32.8 Å². The minimum atomic E-state index is -0.0325. The van der Waals surface area contributed by atoms with Gasteiger partial charge in [-0.15, -0.1) is 0 Å². The van der Waals surface area contributed by atoms with Crippen molar-refractivity contribution in [2.75, 3.05) is 19.6 Å². The molecule has 4 nitrogen and oxygen atoms in total. The van der Waals surface area contributed by atoms with Gasteiger partial charge in [0.1, 0.15) is 12.0 Å². The van der Waals surface area contributed by atoms with Gasteiger partial charge in [0, 0.05) is 13.0 Å². The van der Waals surface area contributed by atoms with E-state index in [0.29, 0.717) is 11.6 Å². The fourth-order valence-corrected chi connectivity index (χ4v) is 2.37. The monoisotopic (exact) mass is 224 g/mol.